The van der Waals surface area contributed by atoms with Crippen LogP contribution in [-0.2, 0) is 16.0 Å². The van der Waals surface area contributed by atoms with Gasteiger partial charge in [0.2, 0.25) is 5.91 Å². The fourth-order valence-corrected chi connectivity index (χ4v) is 1.76. The van der Waals surface area contributed by atoms with Gasteiger partial charge in [-0.2, -0.15) is 0 Å². The molecule has 1 N–H and O–H groups in total. The Labute approximate surface area is 94.6 Å². The lowest BCUT2D eigenvalue weighted by Gasteiger charge is -2.23. The molecular weight excluding hydrogens is 206 g/mol. The third kappa shape index (κ3) is 2.73. The molecule has 1 heterocycles. The van der Waals surface area contributed by atoms with Crippen molar-refractivity contribution in [1.82, 2.24) is 5.32 Å². The molecule has 1 aromatic carbocycles. The number of morpholine rings is 1. The van der Waals surface area contributed by atoms with Crippen LogP contribution in [0, 0.1) is 0 Å². The van der Waals surface area contributed by atoms with Crippen molar-refractivity contribution in [3.8, 4) is 5.75 Å². The maximum atomic E-state index is 11.1. The lowest BCUT2D eigenvalue weighted by atomic mass is 10.1. The predicted octanol–water partition coefficient (Wildman–Crippen LogP) is 0.753. The highest BCUT2D eigenvalue weighted by molar-refractivity contribution is 5.78. The number of nitrogens with one attached hydrogen (secondary N) is 1. The first-order chi connectivity index (χ1) is 7.78. The van der Waals surface area contributed by atoms with E-state index < -0.39 is 0 Å². The van der Waals surface area contributed by atoms with Crippen LogP contribution < -0.4 is 10.1 Å². The third-order valence-electron chi connectivity index (χ3n) is 2.56. The Kier molecular flexibility index (Phi) is 3.41. The van der Waals surface area contributed by atoms with Gasteiger partial charge in [0, 0.05) is 0 Å². The van der Waals surface area contributed by atoms with Crippen LogP contribution in [0.3, 0.4) is 0 Å². The van der Waals surface area contributed by atoms with E-state index in [1.54, 1.807) is 7.11 Å². The van der Waals surface area contributed by atoms with Crippen LogP contribution in [0.4, 0.5) is 0 Å². The summed E-state index contributed by atoms with van der Waals surface area (Å²) in [6.07, 6.45) is 0.787. The smallest absolute Gasteiger partial charge is 0.246 e. The molecule has 0 spiro atoms. The minimum absolute atomic E-state index is 0.0373. The number of methoxy groups -OCH3 is 1. The molecule has 0 aliphatic carbocycles. The Morgan fingerprint density at radius 2 is 2.19 bits per heavy atom. The SMILES string of the molecule is COc1ccc(C[C@@H]2COCC(=O)N2)cc1. The van der Waals surface area contributed by atoms with Gasteiger partial charge in [0.25, 0.3) is 0 Å². The topological polar surface area (TPSA) is 47.6 Å². The molecule has 16 heavy (non-hydrogen) atoms. The number of carbonyl (C=O) groups excluding carboxylic acids is 1. The summed E-state index contributed by atoms with van der Waals surface area (Å²) in [5, 5.41) is 2.90. The van der Waals surface area contributed by atoms with Gasteiger partial charge < -0.3 is 14.8 Å². The van der Waals surface area contributed by atoms with Gasteiger partial charge in [-0.15, -0.1) is 0 Å². The third-order valence-corrected chi connectivity index (χ3v) is 2.56. The number of ether oxygens (including phenoxy) is 2. The molecule has 1 saturated heterocycles. The van der Waals surface area contributed by atoms with E-state index in [0.717, 1.165) is 17.7 Å². The highest BCUT2D eigenvalue weighted by Crippen LogP contribution is 2.13. The monoisotopic (exact) mass is 221 g/mol. The van der Waals surface area contributed by atoms with E-state index in [2.05, 4.69) is 5.32 Å². The molecule has 4 nitrogen and oxygen atoms in total. The molecule has 1 aliphatic heterocycles. The van der Waals surface area contributed by atoms with Gasteiger partial charge in [0.05, 0.1) is 19.8 Å². The molecule has 2 rings (SSSR count). The van der Waals surface area contributed by atoms with Gasteiger partial charge in [-0.1, -0.05) is 12.1 Å². The van der Waals surface area contributed by atoms with Gasteiger partial charge >= 0.3 is 0 Å². The van der Waals surface area contributed by atoms with Crippen LogP contribution in [0.5, 0.6) is 5.75 Å². The first-order valence-corrected chi connectivity index (χ1v) is 5.28. The number of amides is 1. The quantitative estimate of drug-likeness (QED) is 0.819. The Bertz CT molecular complexity index is 361. The summed E-state index contributed by atoms with van der Waals surface area (Å²) in [5.74, 6) is 0.803. The first kappa shape index (κ1) is 11.0. The molecule has 0 radical (unpaired) electrons. The van der Waals surface area contributed by atoms with E-state index in [-0.39, 0.29) is 18.6 Å². The maximum Gasteiger partial charge on any atom is 0.246 e. The molecule has 4 heteroatoms. The molecule has 0 aromatic heterocycles. The van der Waals surface area contributed by atoms with Gasteiger partial charge in [0.15, 0.2) is 0 Å². The summed E-state index contributed by atoms with van der Waals surface area (Å²) in [4.78, 5) is 11.1. The molecule has 0 unspecified atom stereocenters. The number of hydrogen-bond donors (Lipinski definition) is 1. The van der Waals surface area contributed by atoms with Gasteiger partial charge in [0.1, 0.15) is 12.4 Å². The van der Waals surface area contributed by atoms with Gasteiger partial charge in [-0.25, -0.2) is 0 Å². The molecule has 1 aromatic rings. The Hall–Kier alpha value is -1.55. The van der Waals surface area contributed by atoms with Crippen molar-refractivity contribution in [3.05, 3.63) is 29.8 Å². The second-order valence-electron chi connectivity index (χ2n) is 3.83. The van der Waals surface area contributed by atoms with E-state index in [0.29, 0.717) is 6.61 Å². The van der Waals surface area contributed by atoms with Crippen LogP contribution in [0.1, 0.15) is 5.56 Å². The van der Waals surface area contributed by atoms with E-state index >= 15 is 0 Å². The molecule has 1 aliphatic rings. The molecule has 1 fully saturated rings. The van der Waals surface area contributed by atoms with Crippen molar-refractivity contribution in [2.45, 2.75) is 12.5 Å². The zero-order chi connectivity index (χ0) is 11.4. The summed E-state index contributed by atoms with van der Waals surface area (Å²) in [6, 6.07) is 7.91. The summed E-state index contributed by atoms with van der Waals surface area (Å²) in [7, 11) is 1.64. The Morgan fingerprint density at radius 1 is 1.44 bits per heavy atom. The molecule has 0 saturated carbocycles. The van der Waals surface area contributed by atoms with Crippen molar-refractivity contribution < 1.29 is 14.3 Å². The van der Waals surface area contributed by atoms with E-state index in [4.69, 9.17) is 9.47 Å². The molecule has 0 bridgehead atoms. The van der Waals surface area contributed by atoms with Crippen LogP contribution in [0.2, 0.25) is 0 Å². The summed E-state index contributed by atoms with van der Waals surface area (Å²) in [5.41, 5.74) is 1.16. The predicted molar refractivity (Wildman–Crippen MR) is 59.4 cm³/mol. The van der Waals surface area contributed by atoms with Gasteiger partial charge in [-0.3, -0.25) is 4.79 Å². The number of hydrogen-bond acceptors (Lipinski definition) is 3. The summed E-state index contributed by atoms with van der Waals surface area (Å²) < 4.78 is 10.3. The lowest BCUT2D eigenvalue weighted by molar-refractivity contribution is -0.131. The van der Waals surface area contributed by atoms with Crippen molar-refractivity contribution in [3.63, 3.8) is 0 Å². The van der Waals surface area contributed by atoms with Crippen molar-refractivity contribution in [2.75, 3.05) is 20.3 Å². The minimum atomic E-state index is -0.0373. The van der Waals surface area contributed by atoms with Crippen molar-refractivity contribution >= 4 is 5.91 Å². The highest BCUT2D eigenvalue weighted by atomic mass is 16.5. The zero-order valence-electron chi connectivity index (χ0n) is 9.23. The van der Waals surface area contributed by atoms with Crippen molar-refractivity contribution in [1.29, 1.82) is 0 Å². The highest BCUT2D eigenvalue weighted by Gasteiger charge is 2.18. The average Bonchev–Trinajstić information content (AvgIpc) is 2.30. The fourth-order valence-electron chi connectivity index (χ4n) is 1.76. The fraction of sp³-hybridized carbons (Fsp3) is 0.417. The minimum Gasteiger partial charge on any atom is -0.497 e. The number of rotatable bonds is 3. The van der Waals surface area contributed by atoms with E-state index in [9.17, 15) is 4.79 Å². The molecular formula is C12H15NO3. The van der Waals surface area contributed by atoms with Crippen LogP contribution in [0.25, 0.3) is 0 Å². The Morgan fingerprint density at radius 3 is 2.81 bits per heavy atom. The van der Waals surface area contributed by atoms with E-state index in [1.807, 2.05) is 24.3 Å². The zero-order valence-corrected chi connectivity index (χ0v) is 9.23. The summed E-state index contributed by atoms with van der Waals surface area (Å²) >= 11 is 0. The number of benzene rings is 1. The normalized spacial score (nSPS) is 20.3. The average molecular weight is 221 g/mol. The Balaban J connectivity index is 1.94. The second kappa shape index (κ2) is 4.99. The van der Waals surface area contributed by atoms with E-state index in [1.165, 1.54) is 0 Å². The molecule has 86 valence electrons. The standard InChI is InChI=1S/C12H15NO3/c1-15-11-4-2-9(3-5-11)6-10-7-16-8-12(14)13-10/h2-5,10H,6-8H2,1H3,(H,13,14)/t10-/m1/s1. The maximum absolute atomic E-state index is 11.1. The van der Waals surface area contributed by atoms with Crippen LogP contribution in [0.15, 0.2) is 24.3 Å². The van der Waals surface area contributed by atoms with Crippen molar-refractivity contribution in [2.24, 2.45) is 0 Å². The summed E-state index contributed by atoms with van der Waals surface area (Å²) in [6.45, 7) is 0.761. The molecule has 1 atom stereocenters. The van der Waals surface area contributed by atoms with Gasteiger partial charge in [-0.05, 0) is 24.1 Å². The largest absolute Gasteiger partial charge is 0.497 e. The second-order valence-corrected chi connectivity index (χ2v) is 3.83. The van der Waals surface area contributed by atoms with Crippen LogP contribution >= 0.6 is 0 Å². The number of carbonyl (C=O) groups is 1. The molecule has 1 amide bonds. The van der Waals surface area contributed by atoms with Crippen LogP contribution in [-0.4, -0.2) is 32.3 Å². The first-order valence-electron chi connectivity index (χ1n) is 5.28. The lowest BCUT2D eigenvalue weighted by Crippen LogP contribution is -2.46.